The van der Waals surface area contributed by atoms with E-state index >= 15 is 0 Å². The second-order valence-corrected chi connectivity index (χ2v) is 6.43. The van der Waals surface area contributed by atoms with Crippen molar-refractivity contribution >= 4 is 35.0 Å². The third-order valence-corrected chi connectivity index (χ3v) is 4.59. The molecule has 0 atom stereocenters. The summed E-state index contributed by atoms with van der Waals surface area (Å²) in [6.45, 7) is 0. The molecule has 1 aromatic heterocycles. The number of amides is 1. The van der Waals surface area contributed by atoms with Gasteiger partial charge in [-0.3, -0.25) is 14.9 Å². The van der Waals surface area contributed by atoms with Gasteiger partial charge in [-0.05, 0) is 30.3 Å². The highest BCUT2D eigenvalue weighted by molar-refractivity contribution is 7.99. The minimum Gasteiger partial charge on any atom is -0.364 e. The fraction of sp³-hybridized carbons (Fsp3) is 0. The average Bonchev–Trinajstić information content (AvgIpc) is 3.07. The number of nitrogens with zero attached hydrogens (tertiary/aromatic N) is 3. The van der Waals surface area contributed by atoms with Crippen LogP contribution >= 0.6 is 23.4 Å². The van der Waals surface area contributed by atoms with E-state index in [1.54, 1.807) is 18.2 Å². The Hall–Kier alpha value is -2.91. The zero-order chi connectivity index (χ0) is 18.0. The van der Waals surface area contributed by atoms with E-state index in [4.69, 9.17) is 17.3 Å². The number of non-ortho nitro benzene ring substituents is 1. The lowest BCUT2D eigenvalue weighted by Gasteiger charge is -2.08. The Morgan fingerprint density at radius 2 is 1.92 bits per heavy atom. The van der Waals surface area contributed by atoms with Crippen LogP contribution in [-0.2, 0) is 0 Å². The van der Waals surface area contributed by atoms with Crippen molar-refractivity contribution in [1.82, 2.24) is 15.4 Å². The van der Waals surface area contributed by atoms with Gasteiger partial charge in [0.25, 0.3) is 11.6 Å². The Kier molecular flexibility index (Phi) is 4.68. The van der Waals surface area contributed by atoms with Crippen LogP contribution in [0.25, 0.3) is 11.3 Å². The van der Waals surface area contributed by atoms with Gasteiger partial charge in [-0.15, -0.1) is 0 Å². The largest absolute Gasteiger partial charge is 0.364 e. The second-order valence-electron chi connectivity index (χ2n) is 4.88. The Labute approximate surface area is 150 Å². The fourth-order valence-corrected chi connectivity index (χ4v) is 3.18. The Balaban J connectivity index is 2.11. The molecule has 0 aliphatic carbocycles. The average molecular weight is 376 g/mol. The number of H-pyrrole nitrogens is 1. The number of nitro groups is 1. The molecule has 0 radical (unpaired) electrons. The van der Waals surface area contributed by atoms with Crippen LogP contribution < -0.4 is 5.73 Å². The Bertz CT molecular complexity index is 958. The molecule has 0 unspecified atom stereocenters. The molecule has 8 nitrogen and oxygen atoms in total. The highest BCUT2D eigenvalue weighted by Crippen LogP contribution is 2.38. The summed E-state index contributed by atoms with van der Waals surface area (Å²) in [5, 5.41) is 21.7. The summed E-state index contributed by atoms with van der Waals surface area (Å²) in [5.74, 6) is -0.780. The number of carbonyl (C=O) groups excluding carboxylic acids is 1. The van der Waals surface area contributed by atoms with Crippen molar-refractivity contribution in [3.63, 3.8) is 0 Å². The Morgan fingerprint density at radius 1 is 1.20 bits per heavy atom. The fourth-order valence-electron chi connectivity index (χ4n) is 2.13. The summed E-state index contributed by atoms with van der Waals surface area (Å²) in [4.78, 5) is 23.6. The van der Waals surface area contributed by atoms with Gasteiger partial charge in [0, 0.05) is 32.5 Å². The van der Waals surface area contributed by atoms with Gasteiger partial charge in [-0.1, -0.05) is 23.4 Å². The molecule has 3 aromatic rings. The van der Waals surface area contributed by atoms with Crippen LogP contribution in [0.5, 0.6) is 0 Å². The van der Waals surface area contributed by atoms with E-state index in [0.29, 0.717) is 15.5 Å². The van der Waals surface area contributed by atoms with E-state index in [9.17, 15) is 14.9 Å². The van der Waals surface area contributed by atoms with Crippen molar-refractivity contribution in [1.29, 1.82) is 0 Å². The van der Waals surface area contributed by atoms with Crippen LogP contribution in [0.3, 0.4) is 0 Å². The first-order valence-electron chi connectivity index (χ1n) is 6.88. The summed E-state index contributed by atoms with van der Waals surface area (Å²) in [5.41, 5.74) is 5.63. The first-order valence-corrected chi connectivity index (χ1v) is 8.08. The molecule has 10 heteroatoms. The maximum absolute atomic E-state index is 11.5. The van der Waals surface area contributed by atoms with Crippen molar-refractivity contribution in [2.24, 2.45) is 5.73 Å². The smallest absolute Gasteiger partial charge is 0.271 e. The van der Waals surface area contributed by atoms with Crippen LogP contribution in [0, 0.1) is 10.1 Å². The van der Waals surface area contributed by atoms with Crippen LogP contribution in [-0.4, -0.2) is 26.2 Å². The molecule has 3 rings (SSSR count). The zero-order valence-electron chi connectivity index (χ0n) is 12.5. The standard InChI is InChI=1S/C15H10ClN5O3S/c16-8-1-4-10(5-2-8)25-12-6-3-9(21(23)24)7-11(12)13-14(15(17)22)19-20-18-13/h1-7H,(H2,17,22)(H,18,19,20). The SMILES string of the molecule is NC(=O)c1n[nH]nc1-c1cc([N+](=O)[O-])ccc1Sc1ccc(Cl)cc1. The highest BCUT2D eigenvalue weighted by Gasteiger charge is 2.21. The van der Waals surface area contributed by atoms with Gasteiger partial charge in [0.2, 0.25) is 0 Å². The van der Waals surface area contributed by atoms with Crippen molar-refractivity contribution in [3.8, 4) is 11.3 Å². The molecule has 0 aliphatic heterocycles. The second kappa shape index (κ2) is 6.91. The van der Waals surface area contributed by atoms with E-state index in [1.807, 2.05) is 12.1 Å². The van der Waals surface area contributed by atoms with Crippen LogP contribution in [0.2, 0.25) is 5.02 Å². The van der Waals surface area contributed by atoms with E-state index in [2.05, 4.69) is 15.4 Å². The van der Waals surface area contributed by atoms with Crippen molar-refractivity contribution in [2.45, 2.75) is 9.79 Å². The van der Waals surface area contributed by atoms with Crippen LogP contribution in [0.15, 0.2) is 52.3 Å². The molecule has 0 spiro atoms. The van der Waals surface area contributed by atoms with Gasteiger partial charge in [-0.25, -0.2) is 0 Å². The van der Waals surface area contributed by atoms with Crippen molar-refractivity contribution < 1.29 is 9.72 Å². The summed E-state index contributed by atoms with van der Waals surface area (Å²) >= 11 is 7.23. The minimum atomic E-state index is -0.780. The number of aromatic nitrogens is 3. The molecule has 0 bridgehead atoms. The van der Waals surface area contributed by atoms with Gasteiger partial charge in [-0.2, -0.15) is 15.4 Å². The molecule has 0 aliphatic rings. The maximum atomic E-state index is 11.5. The number of nitro benzene ring substituents is 1. The molecule has 25 heavy (non-hydrogen) atoms. The summed E-state index contributed by atoms with van der Waals surface area (Å²) < 4.78 is 0. The number of hydrogen-bond donors (Lipinski definition) is 2. The lowest BCUT2D eigenvalue weighted by molar-refractivity contribution is -0.384. The lowest BCUT2D eigenvalue weighted by atomic mass is 10.1. The number of hydrogen-bond acceptors (Lipinski definition) is 6. The topological polar surface area (TPSA) is 128 Å². The molecule has 0 saturated heterocycles. The summed E-state index contributed by atoms with van der Waals surface area (Å²) in [6, 6.07) is 11.4. The first-order chi connectivity index (χ1) is 12.0. The molecule has 1 amide bonds. The predicted octanol–water partition coefficient (Wildman–Crippen LogP) is 3.28. The molecule has 0 fully saturated rings. The molecule has 126 valence electrons. The van der Waals surface area contributed by atoms with E-state index in [0.717, 1.165) is 4.90 Å². The van der Waals surface area contributed by atoms with Crippen LogP contribution in [0.4, 0.5) is 5.69 Å². The molecular formula is C15H10ClN5O3S. The highest BCUT2D eigenvalue weighted by atomic mass is 35.5. The van der Waals surface area contributed by atoms with Crippen LogP contribution in [0.1, 0.15) is 10.5 Å². The van der Waals surface area contributed by atoms with E-state index in [1.165, 1.54) is 23.9 Å². The van der Waals surface area contributed by atoms with Gasteiger partial charge in [0.15, 0.2) is 5.69 Å². The summed E-state index contributed by atoms with van der Waals surface area (Å²) in [7, 11) is 0. The predicted molar refractivity (Wildman–Crippen MR) is 92.6 cm³/mol. The van der Waals surface area contributed by atoms with E-state index in [-0.39, 0.29) is 17.1 Å². The van der Waals surface area contributed by atoms with Crippen molar-refractivity contribution in [3.05, 3.63) is 63.3 Å². The number of primary amides is 1. The summed E-state index contributed by atoms with van der Waals surface area (Å²) in [6.07, 6.45) is 0. The number of nitrogens with one attached hydrogen (secondary N) is 1. The molecule has 3 N–H and O–H groups in total. The third kappa shape index (κ3) is 3.62. The Morgan fingerprint density at radius 3 is 2.56 bits per heavy atom. The number of carbonyl (C=O) groups is 1. The molecular weight excluding hydrogens is 366 g/mol. The number of halogens is 1. The molecule has 2 aromatic carbocycles. The quantitative estimate of drug-likeness (QED) is 0.520. The van der Waals surface area contributed by atoms with Gasteiger partial charge < -0.3 is 5.73 Å². The number of benzene rings is 2. The maximum Gasteiger partial charge on any atom is 0.271 e. The van der Waals surface area contributed by atoms with Gasteiger partial charge in [0.1, 0.15) is 5.69 Å². The number of rotatable bonds is 5. The van der Waals surface area contributed by atoms with E-state index < -0.39 is 10.8 Å². The zero-order valence-corrected chi connectivity index (χ0v) is 14.0. The first kappa shape index (κ1) is 16.9. The molecule has 1 heterocycles. The number of nitrogens with two attached hydrogens (primary N) is 1. The minimum absolute atomic E-state index is 0.0848. The lowest BCUT2D eigenvalue weighted by Crippen LogP contribution is -2.13. The normalized spacial score (nSPS) is 10.6. The number of aromatic amines is 1. The third-order valence-electron chi connectivity index (χ3n) is 3.25. The monoisotopic (exact) mass is 375 g/mol. The molecule has 0 saturated carbocycles. The van der Waals surface area contributed by atoms with Gasteiger partial charge in [0.05, 0.1) is 4.92 Å². The van der Waals surface area contributed by atoms with Crippen molar-refractivity contribution in [2.75, 3.05) is 0 Å². The van der Waals surface area contributed by atoms with Gasteiger partial charge >= 0.3 is 0 Å².